The third kappa shape index (κ3) is 4.36. The largest absolute Gasteiger partial charge is 0.481 e. The van der Waals surface area contributed by atoms with E-state index >= 15 is 0 Å². The van der Waals surface area contributed by atoms with Gasteiger partial charge in [-0.25, -0.2) is 0 Å². The predicted molar refractivity (Wildman–Crippen MR) is 75.5 cm³/mol. The van der Waals surface area contributed by atoms with Gasteiger partial charge in [0.1, 0.15) is 0 Å². The van der Waals surface area contributed by atoms with Gasteiger partial charge in [-0.15, -0.1) is 0 Å². The highest BCUT2D eigenvalue weighted by Gasteiger charge is 2.23. The minimum absolute atomic E-state index is 0.0936. The van der Waals surface area contributed by atoms with E-state index in [4.69, 9.17) is 5.11 Å². The molecule has 1 rings (SSSR count). The maximum atomic E-state index is 11.9. The van der Waals surface area contributed by atoms with Crippen molar-refractivity contribution < 1.29 is 14.7 Å². The Hall–Kier alpha value is -1.85. The topological polar surface area (TPSA) is 84.2 Å². The van der Waals surface area contributed by atoms with Crippen LogP contribution in [0.5, 0.6) is 0 Å². The van der Waals surface area contributed by atoms with Crippen LogP contribution in [0.4, 0.5) is 0 Å². The highest BCUT2D eigenvalue weighted by Crippen LogP contribution is 2.15. The maximum absolute atomic E-state index is 11.9. The van der Waals surface area contributed by atoms with Gasteiger partial charge in [-0.2, -0.15) is 5.10 Å². The van der Waals surface area contributed by atoms with Crippen LogP contribution in [-0.4, -0.2) is 32.3 Å². The quantitative estimate of drug-likeness (QED) is 0.824. The van der Waals surface area contributed by atoms with Crippen LogP contribution < -0.4 is 5.32 Å². The first-order chi connectivity index (χ1) is 9.12. The second kappa shape index (κ2) is 6.07. The molecule has 2 N–H and O–H groups in total. The summed E-state index contributed by atoms with van der Waals surface area (Å²) < 4.78 is 1.80. The van der Waals surface area contributed by atoms with Gasteiger partial charge >= 0.3 is 5.97 Å². The summed E-state index contributed by atoms with van der Waals surface area (Å²) in [5.41, 5.74) is 2.34. The number of aliphatic carboxylic acids is 1. The first-order valence-corrected chi connectivity index (χ1v) is 6.64. The van der Waals surface area contributed by atoms with Gasteiger partial charge in [-0.05, 0) is 39.7 Å². The molecule has 1 aromatic heterocycles. The van der Waals surface area contributed by atoms with Crippen LogP contribution in [0.25, 0.3) is 0 Å². The predicted octanol–water partition coefficient (Wildman–Crippen LogP) is 1.34. The number of amides is 1. The standard InChI is InChI=1S/C14H23N3O3/c1-9-11(10(2)17(5)16-9)6-7-12(18)15-14(3,4)8-13(19)20/h6-8H2,1-5H3,(H,15,18)(H,19,20). The Labute approximate surface area is 119 Å². The van der Waals surface area contributed by atoms with E-state index in [2.05, 4.69) is 10.4 Å². The van der Waals surface area contributed by atoms with Crippen molar-refractivity contribution in [1.82, 2.24) is 15.1 Å². The van der Waals surface area contributed by atoms with E-state index in [0.717, 1.165) is 17.0 Å². The number of aryl methyl sites for hydroxylation is 2. The number of hydrogen-bond donors (Lipinski definition) is 2. The number of carboxylic acids is 1. The van der Waals surface area contributed by atoms with Crippen LogP contribution in [0.3, 0.4) is 0 Å². The highest BCUT2D eigenvalue weighted by atomic mass is 16.4. The molecule has 0 fully saturated rings. The molecule has 0 aliphatic rings. The van der Waals surface area contributed by atoms with E-state index in [1.165, 1.54) is 0 Å². The first kappa shape index (κ1) is 16.2. The van der Waals surface area contributed by atoms with Crippen molar-refractivity contribution in [1.29, 1.82) is 0 Å². The molecule has 6 nitrogen and oxygen atoms in total. The molecule has 0 aliphatic carbocycles. The fourth-order valence-corrected chi connectivity index (χ4v) is 2.28. The molecule has 1 amide bonds. The third-order valence-electron chi connectivity index (χ3n) is 3.33. The molecule has 0 saturated heterocycles. The van der Waals surface area contributed by atoms with E-state index in [0.29, 0.717) is 12.8 Å². The number of rotatable bonds is 6. The normalized spacial score (nSPS) is 11.4. The third-order valence-corrected chi connectivity index (χ3v) is 3.33. The summed E-state index contributed by atoms with van der Waals surface area (Å²) in [6, 6.07) is 0. The fourth-order valence-electron chi connectivity index (χ4n) is 2.28. The van der Waals surface area contributed by atoms with Crippen LogP contribution in [0.15, 0.2) is 0 Å². The molecule has 112 valence electrons. The minimum Gasteiger partial charge on any atom is -0.481 e. The maximum Gasteiger partial charge on any atom is 0.305 e. The van der Waals surface area contributed by atoms with E-state index in [9.17, 15) is 9.59 Å². The average Bonchev–Trinajstić information content (AvgIpc) is 2.48. The number of hydrogen-bond acceptors (Lipinski definition) is 3. The van der Waals surface area contributed by atoms with Crippen LogP contribution in [0.2, 0.25) is 0 Å². The fraction of sp³-hybridized carbons (Fsp3) is 0.643. The van der Waals surface area contributed by atoms with Gasteiger partial charge in [-0.1, -0.05) is 0 Å². The molecule has 0 bridgehead atoms. The molecule has 0 spiro atoms. The molecule has 1 aromatic rings. The highest BCUT2D eigenvalue weighted by molar-refractivity contribution is 5.78. The second-order valence-electron chi connectivity index (χ2n) is 5.78. The molecule has 0 aromatic carbocycles. The van der Waals surface area contributed by atoms with Crippen LogP contribution in [-0.2, 0) is 23.1 Å². The van der Waals surface area contributed by atoms with Crippen molar-refractivity contribution in [2.75, 3.05) is 0 Å². The lowest BCUT2D eigenvalue weighted by Gasteiger charge is -2.24. The Bertz CT molecular complexity index is 518. The molecule has 0 aliphatic heterocycles. The zero-order valence-corrected chi connectivity index (χ0v) is 12.8. The number of nitrogens with one attached hydrogen (secondary N) is 1. The van der Waals surface area contributed by atoms with Crippen molar-refractivity contribution in [2.45, 2.75) is 52.5 Å². The Balaban J connectivity index is 2.58. The number of aromatic nitrogens is 2. The number of carbonyl (C=O) groups excluding carboxylic acids is 1. The lowest BCUT2D eigenvalue weighted by Crippen LogP contribution is -2.45. The summed E-state index contributed by atoms with van der Waals surface area (Å²) in [6.45, 7) is 7.31. The molecule has 0 atom stereocenters. The van der Waals surface area contributed by atoms with Gasteiger partial charge in [0.05, 0.1) is 12.1 Å². The van der Waals surface area contributed by atoms with Crippen molar-refractivity contribution in [2.24, 2.45) is 7.05 Å². The number of carbonyl (C=O) groups is 2. The van der Waals surface area contributed by atoms with Crippen molar-refractivity contribution in [3.8, 4) is 0 Å². The average molecular weight is 281 g/mol. The molecular formula is C14H23N3O3. The van der Waals surface area contributed by atoms with E-state index in [1.807, 2.05) is 20.9 Å². The summed E-state index contributed by atoms with van der Waals surface area (Å²) >= 11 is 0. The summed E-state index contributed by atoms with van der Waals surface area (Å²) in [6.07, 6.45) is 0.848. The van der Waals surface area contributed by atoms with Gasteiger partial charge in [0.2, 0.25) is 5.91 Å². The first-order valence-electron chi connectivity index (χ1n) is 6.64. The van der Waals surface area contributed by atoms with Gasteiger partial charge in [0, 0.05) is 24.7 Å². The summed E-state index contributed by atoms with van der Waals surface area (Å²) in [5, 5.41) is 15.8. The van der Waals surface area contributed by atoms with E-state index < -0.39 is 11.5 Å². The SMILES string of the molecule is Cc1nn(C)c(C)c1CCC(=O)NC(C)(C)CC(=O)O. The molecule has 0 radical (unpaired) electrons. The summed E-state index contributed by atoms with van der Waals surface area (Å²) in [7, 11) is 1.88. The number of carboxylic acid groups (broad SMARTS) is 1. The van der Waals surface area contributed by atoms with E-state index in [1.54, 1.807) is 18.5 Å². The summed E-state index contributed by atoms with van der Waals surface area (Å²) in [4.78, 5) is 22.6. The lowest BCUT2D eigenvalue weighted by atomic mass is 10.00. The summed E-state index contributed by atoms with van der Waals surface area (Å²) in [5.74, 6) is -1.06. The lowest BCUT2D eigenvalue weighted by molar-refractivity contribution is -0.138. The Morgan fingerprint density at radius 2 is 1.95 bits per heavy atom. The molecule has 6 heteroatoms. The molecule has 0 saturated carbocycles. The van der Waals surface area contributed by atoms with Gasteiger partial charge in [0.15, 0.2) is 0 Å². The van der Waals surface area contributed by atoms with Crippen molar-refractivity contribution in [3.63, 3.8) is 0 Å². The Kier molecular flexibility index (Phi) is 4.92. The van der Waals surface area contributed by atoms with Crippen LogP contribution in [0, 0.1) is 13.8 Å². The van der Waals surface area contributed by atoms with Crippen LogP contribution in [0.1, 0.15) is 43.6 Å². The molecule has 20 heavy (non-hydrogen) atoms. The van der Waals surface area contributed by atoms with Gasteiger partial charge < -0.3 is 10.4 Å². The molecule has 1 heterocycles. The smallest absolute Gasteiger partial charge is 0.305 e. The Morgan fingerprint density at radius 3 is 2.40 bits per heavy atom. The van der Waals surface area contributed by atoms with Crippen molar-refractivity contribution >= 4 is 11.9 Å². The van der Waals surface area contributed by atoms with E-state index in [-0.39, 0.29) is 12.3 Å². The monoisotopic (exact) mass is 281 g/mol. The van der Waals surface area contributed by atoms with Crippen molar-refractivity contribution in [3.05, 3.63) is 17.0 Å². The number of nitrogens with zero attached hydrogens (tertiary/aromatic N) is 2. The van der Waals surface area contributed by atoms with Crippen LogP contribution >= 0.6 is 0 Å². The van der Waals surface area contributed by atoms with Gasteiger partial charge in [0.25, 0.3) is 0 Å². The minimum atomic E-state index is -0.922. The molecular weight excluding hydrogens is 258 g/mol. The molecule has 0 unspecified atom stereocenters. The van der Waals surface area contributed by atoms with Gasteiger partial charge in [-0.3, -0.25) is 14.3 Å². The zero-order chi connectivity index (χ0) is 15.5. The second-order valence-corrected chi connectivity index (χ2v) is 5.78. The zero-order valence-electron chi connectivity index (χ0n) is 12.8. The Morgan fingerprint density at radius 1 is 1.35 bits per heavy atom.